The minimum Gasteiger partial charge on any atom is -0.378 e. The Balaban J connectivity index is 1.57. The molecule has 22 heavy (non-hydrogen) atoms. The van der Waals surface area contributed by atoms with Gasteiger partial charge in [0.05, 0.1) is 19.1 Å². The van der Waals surface area contributed by atoms with E-state index in [2.05, 4.69) is 12.2 Å². The number of carbonyl (C=O) groups is 2. The molecule has 0 aromatic carbocycles. The monoisotopic (exact) mass is 306 g/mol. The number of morpholine rings is 1. The maximum Gasteiger partial charge on any atom is 0.227 e. The molecule has 0 N–H and O–H groups in total. The van der Waals surface area contributed by atoms with E-state index >= 15 is 0 Å². The fourth-order valence-electron chi connectivity index (χ4n) is 3.70. The van der Waals surface area contributed by atoms with Gasteiger partial charge >= 0.3 is 0 Å². The second kappa shape index (κ2) is 7.27. The van der Waals surface area contributed by atoms with Crippen LogP contribution in [0.1, 0.15) is 32.1 Å². The average molecular weight is 306 g/mol. The summed E-state index contributed by atoms with van der Waals surface area (Å²) in [6.45, 7) is 4.07. The average Bonchev–Trinajstić information content (AvgIpc) is 2.62. The summed E-state index contributed by atoms with van der Waals surface area (Å²) in [6.07, 6.45) is 8.93. The van der Waals surface area contributed by atoms with E-state index in [4.69, 9.17) is 4.74 Å². The molecule has 2 heterocycles. The predicted molar refractivity (Wildman–Crippen MR) is 83.2 cm³/mol. The molecule has 3 rings (SSSR count). The summed E-state index contributed by atoms with van der Waals surface area (Å²) in [6, 6.07) is 0. The van der Waals surface area contributed by atoms with E-state index in [1.54, 1.807) is 0 Å². The number of rotatable bonds is 2. The first kappa shape index (κ1) is 15.5. The van der Waals surface area contributed by atoms with Gasteiger partial charge in [0.25, 0.3) is 0 Å². The smallest absolute Gasteiger partial charge is 0.227 e. The van der Waals surface area contributed by atoms with Gasteiger partial charge in [0, 0.05) is 32.1 Å². The van der Waals surface area contributed by atoms with Crippen LogP contribution in [0.15, 0.2) is 12.2 Å². The van der Waals surface area contributed by atoms with Gasteiger partial charge in [0.2, 0.25) is 11.8 Å². The van der Waals surface area contributed by atoms with Crippen molar-refractivity contribution in [3.8, 4) is 0 Å². The number of ether oxygens (including phenoxy) is 1. The van der Waals surface area contributed by atoms with Gasteiger partial charge in [-0.2, -0.15) is 0 Å². The van der Waals surface area contributed by atoms with Gasteiger partial charge in [0.15, 0.2) is 0 Å². The number of nitrogens with zero attached hydrogens (tertiary/aromatic N) is 2. The summed E-state index contributed by atoms with van der Waals surface area (Å²) in [5, 5.41) is 0. The largest absolute Gasteiger partial charge is 0.378 e. The molecule has 0 spiro atoms. The SMILES string of the molecule is O=C([C@H]1CCCN(C(=O)[C@H]2CC=CCC2)C1)N1CCOCC1. The first-order valence-electron chi connectivity index (χ1n) is 8.56. The standard InChI is InChI=1S/C17H26N2O3/c20-16(14-5-2-1-3-6-14)19-8-4-7-15(13-19)17(21)18-9-11-22-12-10-18/h1-2,14-15H,3-13H2/t14-,15-/m0/s1. The molecule has 0 bridgehead atoms. The molecule has 1 aliphatic carbocycles. The Hall–Kier alpha value is -1.36. The predicted octanol–water partition coefficient (Wildman–Crippen LogP) is 1.44. The number of amides is 2. The zero-order chi connectivity index (χ0) is 15.4. The molecule has 2 amide bonds. The number of likely N-dealkylation sites (tertiary alicyclic amines) is 1. The van der Waals surface area contributed by atoms with Crippen LogP contribution in [0.5, 0.6) is 0 Å². The lowest BCUT2D eigenvalue weighted by molar-refractivity contribution is -0.145. The van der Waals surface area contributed by atoms with Crippen molar-refractivity contribution in [2.24, 2.45) is 11.8 Å². The van der Waals surface area contributed by atoms with Crippen LogP contribution in [-0.2, 0) is 14.3 Å². The first-order chi connectivity index (χ1) is 10.8. The molecule has 0 unspecified atom stereocenters. The quantitative estimate of drug-likeness (QED) is 0.725. The normalized spacial score (nSPS) is 29.5. The Kier molecular flexibility index (Phi) is 5.13. The third-order valence-electron chi connectivity index (χ3n) is 5.02. The minimum atomic E-state index is -0.0186. The summed E-state index contributed by atoms with van der Waals surface area (Å²) in [4.78, 5) is 29.1. The zero-order valence-corrected chi connectivity index (χ0v) is 13.2. The molecule has 0 aromatic heterocycles. The van der Waals surface area contributed by atoms with Gasteiger partial charge in [0.1, 0.15) is 0 Å². The Labute approximate surface area is 132 Å². The fraction of sp³-hybridized carbons (Fsp3) is 0.765. The number of allylic oxidation sites excluding steroid dienone is 2. The molecular formula is C17H26N2O3. The van der Waals surface area contributed by atoms with Crippen LogP contribution in [0, 0.1) is 11.8 Å². The molecule has 0 radical (unpaired) electrons. The van der Waals surface area contributed by atoms with Crippen molar-refractivity contribution in [3.63, 3.8) is 0 Å². The second-order valence-electron chi connectivity index (χ2n) is 6.54. The van der Waals surface area contributed by atoms with E-state index in [1.165, 1.54) is 0 Å². The number of carbonyl (C=O) groups excluding carboxylic acids is 2. The molecule has 2 atom stereocenters. The van der Waals surface area contributed by atoms with Crippen molar-refractivity contribution in [3.05, 3.63) is 12.2 Å². The maximum atomic E-state index is 12.6. The second-order valence-corrected chi connectivity index (χ2v) is 6.54. The molecular weight excluding hydrogens is 280 g/mol. The lowest BCUT2D eigenvalue weighted by Crippen LogP contribution is -2.50. The van der Waals surface area contributed by atoms with Crippen molar-refractivity contribution in [2.45, 2.75) is 32.1 Å². The summed E-state index contributed by atoms with van der Waals surface area (Å²) in [7, 11) is 0. The maximum absolute atomic E-state index is 12.6. The van der Waals surface area contributed by atoms with Crippen LogP contribution < -0.4 is 0 Å². The Morgan fingerprint density at radius 3 is 2.41 bits per heavy atom. The van der Waals surface area contributed by atoms with Gasteiger partial charge in [-0.05, 0) is 32.1 Å². The first-order valence-corrected chi connectivity index (χ1v) is 8.56. The van der Waals surface area contributed by atoms with Gasteiger partial charge in [-0.1, -0.05) is 12.2 Å². The van der Waals surface area contributed by atoms with E-state index in [0.717, 1.165) is 38.6 Å². The lowest BCUT2D eigenvalue weighted by atomic mass is 9.90. The highest BCUT2D eigenvalue weighted by Gasteiger charge is 2.33. The van der Waals surface area contributed by atoms with E-state index in [9.17, 15) is 9.59 Å². The lowest BCUT2D eigenvalue weighted by Gasteiger charge is -2.37. The van der Waals surface area contributed by atoms with Gasteiger partial charge in [-0.15, -0.1) is 0 Å². The summed E-state index contributed by atoms with van der Waals surface area (Å²) < 4.78 is 5.31. The van der Waals surface area contributed by atoms with Crippen LogP contribution in [0.3, 0.4) is 0 Å². The highest BCUT2D eigenvalue weighted by Crippen LogP contribution is 2.25. The highest BCUT2D eigenvalue weighted by molar-refractivity contribution is 5.82. The molecule has 5 nitrogen and oxygen atoms in total. The number of piperidine rings is 1. The Morgan fingerprint density at radius 2 is 1.68 bits per heavy atom. The molecule has 3 aliphatic rings. The molecule has 122 valence electrons. The zero-order valence-electron chi connectivity index (χ0n) is 13.2. The molecule has 2 saturated heterocycles. The van der Waals surface area contributed by atoms with Gasteiger partial charge in [-0.25, -0.2) is 0 Å². The van der Waals surface area contributed by atoms with Crippen LogP contribution in [0.25, 0.3) is 0 Å². The molecule has 0 aromatic rings. The van der Waals surface area contributed by atoms with E-state index in [0.29, 0.717) is 32.8 Å². The van der Waals surface area contributed by atoms with Gasteiger partial charge in [-0.3, -0.25) is 9.59 Å². The Morgan fingerprint density at radius 1 is 0.909 bits per heavy atom. The summed E-state index contributed by atoms with van der Waals surface area (Å²) in [5.41, 5.74) is 0. The number of hydrogen-bond acceptors (Lipinski definition) is 3. The van der Waals surface area contributed by atoms with Crippen LogP contribution in [-0.4, -0.2) is 61.0 Å². The molecule has 0 saturated carbocycles. The Bertz CT molecular complexity index is 443. The minimum absolute atomic E-state index is 0.0186. The van der Waals surface area contributed by atoms with Crippen LogP contribution in [0.2, 0.25) is 0 Å². The van der Waals surface area contributed by atoms with E-state index < -0.39 is 0 Å². The van der Waals surface area contributed by atoms with Crippen molar-refractivity contribution >= 4 is 11.8 Å². The summed E-state index contributed by atoms with van der Waals surface area (Å²) >= 11 is 0. The number of hydrogen-bond donors (Lipinski definition) is 0. The van der Waals surface area contributed by atoms with Gasteiger partial charge < -0.3 is 14.5 Å². The molecule has 2 fully saturated rings. The van der Waals surface area contributed by atoms with E-state index in [1.807, 2.05) is 9.80 Å². The van der Waals surface area contributed by atoms with Crippen molar-refractivity contribution in [1.82, 2.24) is 9.80 Å². The van der Waals surface area contributed by atoms with Crippen molar-refractivity contribution in [2.75, 3.05) is 39.4 Å². The summed E-state index contributed by atoms with van der Waals surface area (Å²) in [5.74, 6) is 0.574. The van der Waals surface area contributed by atoms with Crippen LogP contribution in [0.4, 0.5) is 0 Å². The van der Waals surface area contributed by atoms with Crippen molar-refractivity contribution < 1.29 is 14.3 Å². The third-order valence-corrected chi connectivity index (χ3v) is 5.02. The van der Waals surface area contributed by atoms with E-state index in [-0.39, 0.29) is 23.7 Å². The molecule has 5 heteroatoms. The van der Waals surface area contributed by atoms with Crippen molar-refractivity contribution in [1.29, 1.82) is 0 Å². The highest BCUT2D eigenvalue weighted by atomic mass is 16.5. The topological polar surface area (TPSA) is 49.9 Å². The van der Waals surface area contributed by atoms with Crippen LogP contribution >= 0.6 is 0 Å². The molecule has 2 aliphatic heterocycles. The fourth-order valence-corrected chi connectivity index (χ4v) is 3.70. The third kappa shape index (κ3) is 3.51.